The number of hydrogen-bond acceptors (Lipinski definition) is 6. The van der Waals surface area contributed by atoms with E-state index in [1.807, 2.05) is 0 Å². The zero-order valence-electron chi connectivity index (χ0n) is 20.4. The van der Waals surface area contributed by atoms with Crippen LogP contribution < -0.4 is 14.9 Å². The topological polar surface area (TPSA) is 115 Å². The number of amides is 1. The van der Waals surface area contributed by atoms with Gasteiger partial charge in [-0.05, 0) is 55.0 Å². The van der Waals surface area contributed by atoms with E-state index >= 15 is 0 Å². The Kier molecular flexibility index (Phi) is 8.08. The molecule has 1 heterocycles. The number of methoxy groups -OCH3 is 1. The first kappa shape index (κ1) is 26.8. The van der Waals surface area contributed by atoms with Gasteiger partial charge in [-0.1, -0.05) is 41.9 Å². The van der Waals surface area contributed by atoms with Crippen molar-refractivity contribution in [3.8, 4) is 5.75 Å². The van der Waals surface area contributed by atoms with Crippen LogP contribution in [-0.4, -0.2) is 37.4 Å². The molecule has 0 atom stereocenters. The fourth-order valence-electron chi connectivity index (χ4n) is 3.54. The van der Waals surface area contributed by atoms with E-state index in [2.05, 4.69) is 20.3 Å². The number of hydrazone groups is 1. The minimum Gasteiger partial charge on any atom is -0.495 e. The highest BCUT2D eigenvalue weighted by Gasteiger charge is 2.18. The number of anilines is 1. The third-order valence-electron chi connectivity index (χ3n) is 5.47. The average Bonchev–Trinajstić information content (AvgIpc) is 3.17. The largest absolute Gasteiger partial charge is 0.495 e. The van der Waals surface area contributed by atoms with Gasteiger partial charge in [0.1, 0.15) is 16.7 Å². The SMILES string of the molecule is COc1ccccc1NS(=O)(=O)c1cccc(C(=O)N/N=C/c2c(C)nn(Cc3ccc(F)cc3)c2Cl)c1. The maximum atomic E-state index is 13.2. The molecule has 38 heavy (non-hydrogen) atoms. The molecule has 1 aromatic heterocycles. The van der Waals surface area contributed by atoms with Crippen molar-refractivity contribution in [2.45, 2.75) is 18.4 Å². The van der Waals surface area contributed by atoms with Crippen molar-refractivity contribution in [3.05, 3.63) is 106 Å². The Morgan fingerprint density at radius 1 is 1.13 bits per heavy atom. The van der Waals surface area contributed by atoms with Gasteiger partial charge in [-0.15, -0.1) is 0 Å². The summed E-state index contributed by atoms with van der Waals surface area (Å²) in [6.07, 6.45) is 1.35. The molecule has 0 aliphatic carbocycles. The Morgan fingerprint density at radius 3 is 2.61 bits per heavy atom. The number of carbonyl (C=O) groups excluding carboxylic acids is 1. The van der Waals surface area contributed by atoms with Crippen molar-refractivity contribution < 1.29 is 22.3 Å². The molecule has 0 unspecified atom stereocenters. The van der Waals surface area contributed by atoms with Crippen LogP contribution in [0.5, 0.6) is 5.75 Å². The number of halogens is 2. The second-order valence-electron chi connectivity index (χ2n) is 8.11. The van der Waals surface area contributed by atoms with Crippen LogP contribution in [0.3, 0.4) is 0 Å². The molecule has 0 spiro atoms. The van der Waals surface area contributed by atoms with E-state index in [1.165, 1.54) is 54.4 Å². The highest BCUT2D eigenvalue weighted by Crippen LogP contribution is 2.26. The first-order valence-corrected chi connectivity index (χ1v) is 13.1. The summed E-state index contributed by atoms with van der Waals surface area (Å²) >= 11 is 6.44. The van der Waals surface area contributed by atoms with E-state index in [0.717, 1.165) is 5.56 Å². The zero-order valence-corrected chi connectivity index (χ0v) is 21.9. The Hall–Kier alpha value is -4.22. The van der Waals surface area contributed by atoms with Crippen LogP contribution >= 0.6 is 11.6 Å². The molecule has 4 rings (SSSR count). The van der Waals surface area contributed by atoms with E-state index in [0.29, 0.717) is 28.7 Å². The van der Waals surface area contributed by atoms with Crippen LogP contribution in [0.2, 0.25) is 5.15 Å². The molecule has 0 saturated carbocycles. The quantitative estimate of drug-likeness (QED) is 0.231. The molecule has 0 fully saturated rings. The van der Waals surface area contributed by atoms with Gasteiger partial charge >= 0.3 is 0 Å². The van der Waals surface area contributed by atoms with Crippen LogP contribution in [0.15, 0.2) is 82.8 Å². The number of para-hydroxylation sites is 2. The minimum atomic E-state index is -4.00. The van der Waals surface area contributed by atoms with E-state index in [-0.39, 0.29) is 22.0 Å². The van der Waals surface area contributed by atoms with Gasteiger partial charge < -0.3 is 4.74 Å². The molecule has 196 valence electrons. The van der Waals surface area contributed by atoms with Crippen molar-refractivity contribution in [2.75, 3.05) is 11.8 Å². The number of nitrogens with one attached hydrogen (secondary N) is 2. The van der Waals surface area contributed by atoms with Gasteiger partial charge in [-0.3, -0.25) is 9.52 Å². The lowest BCUT2D eigenvalue weighted by atomic mass is 10.2. The highest BCUT2D eigenvalue weighted by atomic mass is 35.5. The average molecular weight is 556 g/mol. The van der Waals surface area contributed by atoms with Gasteiger partial charge in [-0.25, -0.2) is 22.9 Å². The smallest absolute Gasteiger partial charge is 0.271 e. The molecule has 0 bridgehead atoms. The Balaban J connectivity index is 1.46. The summed E-state index contributed by atoms with van der Waals surface area (Å²) in [6.45, 7) is 2.06. The third kappa shape index (κ3) is 6.18. The molecule has 0 saturated heterocycles. The van der Waals surface area contributed by atoms with Crippen LogP contribution in [0.4, 0.5) is 10.1 Å². The van der Waals surface area contributed by atoms with Crippen molar-refractivity contribution >= 4 is 39.4 Å². The van der Waals surface area contributed by atoms with Gasteiger partial charge in [0.05, 0.1) is 41.7 Å². The van der Waals surface area contributed by atoms with E-state index in [1.54, 1.807) is 43.3 Å². The normalized spacial score (nSPS) is 11.5. The summed E-state index contributed by atoms with van der Waals surface area (Å²) < 4.78 is 48.1. The highest BCUT2D eigenvalue weighted by molar-refractivity contribution is 7.92. The van der Waals surface area contributed by atoms with E-state index in [4.69, 9.17) is 16.3 Å². The second-order valence-corrected chi connectivity index (χ2v) is 10.1. The molecule has 12 heteroatoms. The van der Waals surface area contributed by atoms with Crippen LogP contribution in [0.25, 0.3) is 0 Å². The summed E-state index contributed by atoms with van der Waals surface area (Å²) in [5.41, 5.74) is 4.59. The van der Waals surface area contributed by atoms with Gasteiger partial charge in [0, 0.05) is 5.56 Å². The Bertz CT molecular complexity index is 1600. The number of nitrogens with zero attached hydrogens (tertiary/aromatic N) is 3. The van der Waals surface area contributed by atoms with E-state index in [9.17, 15) is 17.6 Å². The molecule has 0 aliphatic heterocycles. The number of aryl methyl sites for hydroxylation is 1. The number of aromatic nitrogens is 2. The fourth-order valence-corrected chi connectivity index (χ4v) is 4.94. The lowest BCUT2D eigenvalue weighted by molar-refractivity contribution is 0.0955. The first-order chi connectivity index (χ1) is 18.2. The number of ether oxygens (including phenoxy) is 1. The summed E-state index contributed by atoms with van der Waals surface area (Å²) in [6, 6.07) is 18.1. The van der Waals surface area contributed by atoms with Gasteiger partial charge in [0.2, 0.25) is 0 Å². The maximum absolute atomic E-state index is 13.2. The van der Waals surface area contributed by atoms with Crippen LogP contribution in [0, 0.1) is 12.7 Å². The third-order valence-corrected chi connectivity index (χ3v) is 7.23. The fraction of sp³-hybridized carbons (Fsp3) is 0.115. The standard InChI is InChI=1S/C26H23ClFN5O4S/c1-17-22(25(27)33(31-17)16-18-10-12-20(28)13-11-18)15-29-30-26(34)19-6-5-7-21(14-19)38(35,36)32-23-8-3-4-9-24(23)37-2/h3-15,32H,16H2,1-2H3,(H,30,34)/b29-15+. The molecule has 0 aliphatic rings. The number of benzene rings is 3. The maximum Gasteiger partial charge on any atom is 0.271 e. The summed E-state index contributed by atoms with van der Waals surface area (Å²) in [5.74, 6) is -0.604. The van der Waals surface area contributed by atoms with Crippen LogP contribution in [0.1, 0.15) is 27.2 Å². The molecule has 2 N–H and O–H groups in total. The lowest BCUT2D eigenvalue weighted by Gasteiger charge is -2.12. The zero-order chi connectivity index (χ0) is 27.3. The number of rotatable bonds is 9. The summed E-state index contributed by atoms with van der Waals surface area (Å²) in [5, 5.41) is 8.63. The van der Waals surface area contributed by atoms with E-state index < -0.39 is 15.9 Å². The minimum absolute atomic E-state index is 0.0832. The first-order valence-electron chi connectivity index (χ1n) is 11.2. The Morgan fingerprint density at radius 2 is 1.87 bits per heavy atom. The van der Waals surface area contributed by atoms with Crippen molar-refractivity contribution in [2.24, 2.45) is 5.10 Å². The predicted octanol–water partition coefficient (Wildman–Crippen LogP) is 4.61. The molecular formula is C26H23ClFN5O4S. The monoisotopic (exact) mass is 555 g/mol. The van der Waals surface area contributed by atoms with Crippen LogP contribution in [-0.2, 0) is 16.6 Å². The molecule has 3 aromatic carbocycles. The van der Waals surface area contributed by atoms with Gasteiger partial charge in [0.25, 0.3) is 15.9 Å². The van der Waals surface area contributed by atoms with Gasteiger partial charge in [-0.2, -0.15) is 10.2 Å². The second kappa shape index (κ2) is 11.4. The molecular weight excluding hydrogens is 533 g/mol. The van der Waals surface area contributed by atoms with Crippen molar-refractivity contribution in [3.63, 3.8) is 0 Å². The number of carbonyl (C=O) groups is 1. The Labute approximate surface area is 224 Å². The van der Waals surface area contributed by atoms with Crippen molar-refractivity contribution in [1.29, 1.82) is 0 Å². The summed E-state index contributed by atoms with van der Waals surface area (Å²) in [7, 11) is -2.57. The summed E-state index contributed by atoms with van der Waals surface area (Å²) in [4.78, 5) is 12.6. The molecule has 0 radical (unpaired) electrons. The molecule has 1 amide bonds. The lowest BCUT2D eigenvalue weighted by Crippen LogP contribution is -2.19. The van der Waals surface area contributed by atoms with Crippen molar-refractivity contribution in [1.82, 2.24) is 15.2 Å². The predicted molar refractivity (Wildman–Crippen MR) is 143 cm³/mol. The molecule has 4 aromatic rings. The molecule has 9 nitrogen and oxygen atoms in total. The van der Waals surface area contributed by atoms with Gasteiger partial charge in [0.15, 0.2) is 0 Å². The number of hydrogen-bond donors (Lipinski definition) is 2. The number of sulfonamides is 1.